The maximum Gasteiger partial charge on any atom is 0.410 e. The lowest BCUT2D eigenvalue weighted by molar-refractivity contribution is -0.0922. The summed E-state index contributed by atoms with van der Waals surface area (Å²) in [5, 5.41) is 11.1. The van der Waals surface area contributed by atoms with E-state index in [4.69, 9.17) is 4.74 Å². The van der Waals surface area contributed by atoms with E-state index in [1.165, 1.54) is 0 Å². The molecule has 2 heterocycles. The average Bonchev–Trinajstić information content (AvgIpc) is 2.49. The minimum atomic E-state index is -1.28. The molecule has 2 bridgehead atoms. The van der Waals surface area contributed by atoms with E-state index in [-0.39, 0.29) is 36.9 Å². The highest BCUT2D eigenvalue weighted by Crippen LogP contribution is 2.41. The zero-order valence-corrected chi connectivity index (χ0v) is 15.9. The molecule has 2 fully saturated rings. The fourth-order valence-electron chi connectivity index (χ4n) is 4.34. The standard InChI is InChI=1S/C20H26F3NO3/c1-19(2,3)27-18(25)24-13-5-4-6-14(24)11-20(26,10-13)9-12-7-16(22)17(23)8-15(12)21/h7-8,13-14,26H,4-6,9-11H2,1-3H3. The Labute approximate surface area is 157 Å². The smallest absolute Gasteiger partial charge is 0.410 e. The third kappa shape index (κ3) is 4.39. The molecular formula is C20H26F3NO3. The maximum absolute atomic E-state index is 14.0. The van der Waals surface area contributed by atoms with E-state index in [1.807, 2.05) is 0 Å². The molecule has 2 unspecified atom stereocenters. The molecular weight excluding hydrogens is 359 g/mol. The highest BCUT2D eigenvalue weighted by atomic mass is 19.2. The Morgan fingerprint density at radius 1 is 1.15 bits per heavy atom. The van der Waals surface area contributed by atoms with Gasteiger partial charge in [0.2, 0.25) is 0 Å². The van der Waals surface area contributed by atoms with Crippen LogP contribution in [-0.4, -0.2) is 39.4 Å². The summed E-state index contributed by atoms with van der Waals surface area (Å²) in [6.45, 7) is 5.40. The number of nitrogens with zero attached hydrogens (tertiary/aromatic N) is 1. The van der Waals surface area contributed by atoms with Crippen LogP contribution in [0.4, 0.5) is 18.0 Å². The monoisotopic (exact) mass is 385 g/mol. The second-order valence-corrected chi connectivity index (χ2v) is 8.79. The predicted molar refractivity (Wildman–Crippen MR) is 93.7 cm³/mol. The number of amides is 1. The first-order valence-electron chi connectivity index (χ1n) is 9.34. The van der Waals surface area contributed by atoms with E-state index in [0.29, 0.717) is 6.07 Å². The number of halogens is 3. The van der Waals surface area contributed by atoms with Crippen LogP contribution in [0.25, 0.3) is 0 Å². The number of piperidine rings is 2. The molecule has 4 nitrogen and oxygen atoms in total. The van der Waals surface area contributed by atoms with Crippen molar-refractivity contribution in [3.05, 3.63) is 35.1 Å². The quantitative estimate of drug-likeness (QED) is 0.771. The van der Waals surface area contributed by atoms with Crippen LogP contribution in [0.2, 0.25) is 0 Å². The van der Waals surface area contributed by atoms with Crippen molar-refractivity contribution in [3.63, 3.8) is 0 Å². The van der Waals surface area contributed by atoms with Crippen molar-refractivity contribution in [3.8, 4) is 0 Å². The molecule has 1 aromatic rings. The van der Waals surface area contributed by atoms with Gasteiger partial charge in [0.05, 0.1) is 5.60 Å². The molecule has 1 aromatic carbocycles. The second-order valence-electron chi connectivity index (χ2n) is 8.79. The number of carbonyl (C=O) groups is 1. The number of rotatable bonds is 2. The first-order valence-corrected chi connectivity index (χ1v) is 9.34. The Morgan fingerprint density at radius 3 is 2.26 bits per heavy atom. The van der Waals surface area contributed by atoms with E-state index in [0.717, 1.165) is 25.3 Å². The van der Waals surface area contributed by atoms with Gasteiger partial charge in [-0.15, -0.1) is 0 Å². The average molecular weight is 385 g/mol. The van der Waals surface area contributed by atoms with Crippen LogP contribution < -0.4 is 0 Å². The van der Waals surface area contributed by atoms with Crippen molar-refractivity contribution in [2.45, 2.75) is 82.6 Å². The minimum absolute atomic E-state index is 0.0554. The van der Waals surface area contributed by atoms with Gasteiger partial charge in [-0.25, -0.2) is 18.0 Å². The number of fused-ring (bicyclic) bond motifs is 2. The summed E-state index contributed by atoms with van der Waals surface area (Å²) in [7, 11) is 0. The van der Waals surface area contributed by atoms with Gasteiger partial charge < -0.3 is 14.7 Å². The van der Waals surface area contributed by atoms with Crippen molar-refractivity contribution in [1.82, 2.24) is 4.90 Å². The molecule has 0 saturated carbocycles. The van der Waals surface area contributed by atoms with E-state index < -0.39 is 34.7 Å². The van der Waals surface area contributed by atoms with Gasteiger partial charge in [0.15, 0.2) is 11.6 Å². The highest BCUT2D eigenvalue weighted by molar-refractivity contribution is 5.69. The molecule has 2 atom stereocenters. The number of ether oxygens (including phenoxy) is 1. The van der Waals surface area contributed by atoms with Crippen LogP contribution in [0, 0.1) is 17.5 Å². The molecule has 3 rings (SSSR count). The SMILES string of the molecule is CC(C)(C)OC(=O)N1C2CCCC1CC(O)(Cc1cc(F)c(F)cc1F)C2. The van der Waals surface area contributed by atoms with Crippen LogP contribution >= 0.6 is 0 Å². The third-order valence-electron chi connectivity index (χ3n) is 5.31. The summed E-state index contributed by atoms with van der Waals surface area (Å²) in [5.41, 5.74) is -1.95. The van der Waals surface area contributed by atoms with Crippen molar-refractivity contribution < 1.29 is 27.8 Å². The second kappa shape index (κ2) is 7.00. The van der Waals surface area contributed by atoms with Crippen LogP contribution in [0.5, 0.6) is 0 Å². The molecule has 27 heavy (non-hydrogen) atoms. The normalized spacial score (nSPS) is 28.2. The van der Waals surface area contributed by atoms with E-state index in [9.17, 15) is 23.1 Å². The molecule has 1 amide bonds. The number of hydrogen-bond donors (Lipinski definition) is 1. The van der Waals surface area contributed by atoms with Gasteiger partial charge in [-0.3, -0.25) is 0 Å². The van der Waals surface area contributed by atoms with Crippen molar-refractivity contribution in [1.29, 1.82) is 0 Å². The van der Waals surface area contributed by atoms with Crippen molar-refractivity contribution in [2.24, 2.45) is 0 Å². The summed E-state index contributed by atoms with van der Waals surface area (Å²) in [6.07, 6.45) is 2.35. The Morgan fingerprint density at radius 2 is 1.70 bits per heavy atom. The highest BCUT2D eigenvalue weighted by Gasteiger charge is 2.48. The number of hydrogen-bond acceptors (Lipinski definition) is 3. The zero-order valence-electron chi connectivity index (χ0n) is 15.9. The van der Waals surface area contributed by atoms with E-state index in [1.54, 1.807) is 25.7 Å². The van der Waals surface area contributed by atoms with Gasteiger partial charge in [0.1, 0.15) is 11.4 Å². The lowest BCUT2D eigenvalue weighted by Crippen LogP contribution is -2.61. The largest absolute Gasteiger partial charge is 0.444 e. The Balaban J connectivity index is 1.79. The van der Waals surface area contributed by atoms with Crippen molar-refractivity contribution >= 4 is 6.09 Å². The lowest BCUT2D eigenvalue weighted by Gasteiger charge is -2.51. The molecule has 0 aromatic heterocycles. The fraction of sp³-hybridized carbons (Fsp3) is 0.650. The molecule has 2 saturated heterocycles. The number of carbonyl (C=O) groups excluding carboxylic acids is 1. The Kier molecular flexibility index (Phi) is 5.18. The van der Waals surface area contributed by atoms with E-state index >= 15 is 0 Å². The first kappa shape index (κ1) is 20.0. The molecule has 1 N–H and O–H groups in total. The van der Waals surface area contributed by atoms with Gasteiger partial charge in [0.25, 0.3) is 0 Å². The van der Waals surface area contributed by atoms with E-state index in [2.05, 4.69) is 0 Å². The molecule has 2 aliphatic rings. The van der Waals surface area contributed by atoms with Crippen LogP contribution in [0.1, 0.15) is 58.4 Å². The first-order chi connectivity index (χ1) is 12.5. The van der Waals surface area contributed by atoms with Gasteiger partial charge in [0, 0.05) is 24.6 Å². The summed E-state index contributed by atoms with van der Waals surface area (Å²) in [6, 6.07) is 0.875. The third-order valence-corrected chi connectivity index (χ3v) is 5.31. The molecule has 150 valence electrons. The number of aliphatic hydroxyl groups is 1. The molecule has 0 radical (unpaired) electrons. The topological polar surface area (TPSA) is 49.8 Å². The van der Waals surface area contributed by atoms with Crippen LogP contribution in [0.3, 0.4) is 0 Å². The summed E-state index contributed by atoms with van der Waals surface area (Å²) >= 11 is 0. The summed E-state index contributed by atoms with van der Waals surface area (Å²) < 4.78 is 46.2. The van der Waals surface area contributed by atoms with Gasteiger partial charge in [-0.2, -0.15) is 0 Å². The lowest BCUT2D eigenvalue weighted by atomic mass is 9.73. The predicted octanol–water partition coefficient (Wildman–Crippen LogP) is 4.33. The Hall–Kier alpha value is -1.76. The van der Waals surface area contributed by atoms with Gasteiger partial charge in [-0.05, 0) is 64.5 Å². The fourth-order valence-corrected chi connectivity index (χ4v) is 4.34. The molecule has 0 spiro atoms. The van der Waals surface area contributed by atoms with Gasteiger partial charge >= 0.3 is 6.09 Å². The minimum Gasteiger partial charge on any atom is -0.444 e. The van der Waals surface area contributed by atoms with Crippen LogP contribution in [0.15, 0.2) is 12.1 Å². The van der Waals surface area contributed by atoms with Crippen LogP contribution in [-0.2, 0) is 11.2 Å². The molecule has 2 aliphatic heterocycles. The van der Waals surface area contributed by atoms with Gasteiger partial charge in [-0.1, -0.05) is 0 Å². The number of benzene rings is 1. The molecule has 7 heteroatoms. The molecule has 0 aliphatic carbocycles. The Bertz CT molecular complexity index is 718. The summed E-state index contributed by atoms with van der Waals surface area (Å²) in [4.78, 5) is 14.3. The van der Waals surface area contributed by atoms with Crippen molar-refractivity contribution in [2.75, 3.05) is 0 Å². The maximum atomic E-state index is 14.0. The summed E-state index contributed by atoms with van der Waals surface area (Å²) in [5.74, 6) is -3.26. The zero-order chi connectivity index (χ0) is 20.0.